The van der Waals surface area contributed by atoms with Gasteiger partial charge in [0.05, 0.1) is 11.0 Å². The molecule has 1 unspecified atom stereocenters. The Balaban J connectivity index is 2.04. The van der Waals surface area contributed by atoms with E-state index in [9.17, 15) is 13.2 Å². The molecule has 1 fully saturated rings. The first kappa shape index (κ1) is 16.9. The summed E-state index contributed by atoms with van der Waals surface area (Å²) in [5.74, 6) is -0.266. The van der Waals surface area contributed by atoms with Gasteiger partial charge in [0.2, 0.25) is 10.0 Å². The smallest absolute Gasteiger partial charge is 0.251 e. The summed E-state index contributed by atoms with van der Waals surface area (Å²) >= 11 is 0. The fourth-order valence-electron chi connectivity index (χ4n) is 2.24. The SMILES string of the molecule is CCCNC(=O)c1cccc(S(=O)(=O)NCC2CCCO2)c1. The predicted octanol–water partition coefficient (Wildman–Crippen LogP) is 1.28. The van der Waals surface area contributed by atoms with Crippen LogP contribution in [0.2, 0.25) is 0 Å². The molecule has 1 aromatic rings. The fourth-order valence-corrected chi connectivity index (χ4v) is 3.35. The number of carbonyl (C=O) groups excluding carboxylic acids is 1. The lowest BCUT2D eigenvalue weighted by Gasteiger charge is -2.12. The number of ether oxygens (including phenoxy) is 1. The Morgan fingerprint density at radius 3 is 2.91 bits per heavy atom. The molecule has 2 N–H and O–H groups in total. The molecule has 6 nitrogen and oxygen atoms in total. The van der Waals surface area contributed by atoms with Gasteiger partial charge < -0.3 is 10.1 Å². The highest BCUT2D eigenvalue weighted by molar-refractivity contribution is 7.89. The molecule has 7 heteroatoms. The zero-order chi connectivity index (χ0) is 16.0. The number of hydrogen-bond donors (Lipinski definition) is 2. The van der Waals surface area contributed by atoms with Gasteiger partial charge in [-0.15, -0.1) is 0 Å². The third kappa shape index (κ3) is 4.53. The lowest BCUT2D eigenvalue weighted by atomic mass is 10.2. The number of rotatable bonds is 7. The molecule has 2 rings (SSSR count). The van der Waals surface area contributed by atoms with Crippen molar-refractivity contribution in [1.29, 1.82) is 0 Å². The zero-order valence-electron chi connectivity index (χ0n) is 12.7. The van der Waals surface area contributed by atoms with Gasteiger partial charge in [-0.2, -0.15) is 0 Å². The van der Waals surface area contributed by atoms with E-state index in [1.165, 1.54) is 12.1 Å². The minimum atomic E-state index is -3.63. The molecular weight excluding hydrogens is 304 g/mol. The zero-order valence-corrected chi connectivity index (χ0v) is 13.5. The molecule has 1 atom stereocenters. The highest BCUT2D eigenvalue weighted by Gasteiger charge is 2.21. The third-order valence-electron chi connectivity index (χ3n) is 3.47. The highest BCUT2D eigenvalue weighted by Crippen LogP contribution is 2.14. The molecule has 0 bridgehead atoms. The van der Waals surface area contributed by atoms with Gasteiger partial charge in [0.25, 0.3) is 5.91 Å². The monoisotopic (exact) mass is 326 g/mol. The minimum Gasteiger partial charge on any atom is -0.377 e. The summed E-state index contributed by atoms with van der Waals surface area (Å²) in [4.78, 5) is 12.0. The Bertz CT molecular complexity index is 610. The van der Waals surface area contributed by atoms with Gasteiger partial charge in [-0.25, -0.2) is 13.1 Å². The van der Waals surface area contributed by atoms with Crippen LogP contribution in [-0.4, -0.2) is 40.1 Å². The number of sulfonamides is 1. The van der Waals surface area contributed by atoms with E-state index in [2.05, 4.69) is 10.0 Å². The van der Waals surface area contributed by atoms with Gasteiger partial charge in [-0.3, -0.25) is 4.79 Å². The Morgan fingerprint density at radius 2 is 2.23 bits per heavy atom. The van der Waals surface area contributed by atoms with Crippen LogP contribution in [0, 0.1) is 0 Å². The molecule has 1 aliphatic rings. The molecule has 1 heterocycles. The van der Waals surface area contributed by atoms with E-state index in [0.29, 0.717) is 18.7 Å². The molecule has 122 valence electrons. The molecule has 1 aromatic carbocycles. The summed E-state index contributed by atoms with van der Waals surface area (Å²) in [5.41, 5.74) is 0.341. The molecule has 1 aliphatic heterocycles. The number of benzene rings is 1. The molecule has 0 spiro atoms. The van der Waals surface area contributed by atoms with Gasteiger partial charge in [0, 0.05) is 25.3 Å². The summed E-state index contributed by atoms with van der Waals surface area (Å²) in [6.45, 7) is 3.46. The quantitative estimate of drug-likeness (QED) is 0.790. The van der Waals surface area contributed by atoms with Gasteiger partial charge in [-0.05, 0) is 37.5 Å². The van der Waals surface area contributed by atoms with E-state index in [0.717, 1.165) is 19.3 Å². The molecule has 1 amide bonds. The molecule has 0 aromatic heterocycles. The van der Waals surface area contributed by atoms with E-state index in [1.807, 2.05) is 6.92 Å². The van der Waals surface area contributed by atoms with Crippen molar-refractivity contribution in [3.63, 3.8) is 0 Å². The first-order chi connectivity index (χ1) is 10.5. The Kier molecular flexibility index (Phi) is 5.93. The van der Waals surface area contributed by atoms with Gasteiger partial charge in [0.1, 0.15) is 0 Å². The lowest BCUT2D eigenvalue weighted by molar-refractivity contribution is 0.0953. The Morgan fingerprint density at radius 1 is 1.41 bits per heavy atom. The van der Waals surface area contributed by atoms with Crippen LogP contribution in [0.5, 0.6) is 0 Å². The molecule has 22 heavy (non-hydrogen) atoms. The summed E-state index contributed by atoms with van der Waals surface area (Å²) in [6.07, 6.45) is 2.58. The van der Waals surface area contributed by atoms with Crippen molar-refractivity contribution >= 4 is 15.9 Å². The van der Waals surface area contributed by atoms with Crippen LogP contribution >= 0.6 is 0 Å². The number of hydrogen-bond acceptors (Lipinski definition) is 4. The molecule has 0 aliphatic carbocycles. The Labute approximate surface area is 131 Å². The van der Waals surface area contributed by atoms with Gasteiger partial charge in [-0.1, -0.05) is 13.0 Å². The topological polar surface area (TPSA) is 84.5 Å². The van der Waals surface area contributed by atoms with E-state index in [1.54, 1.807) is 12.1 Å². The Hall–Kier alpha value is -1.44. The third-order valence-corrected chi connectivity index (χ3v) is 4.89. The summed E-state index contributed by atoms with van der Waals surface area (Å²) in [7, 11) is -3.63. The summed E-state index contributed by atoms with van der Waals surface area (Å²) < 4.78 is 32.5. The van der Waals surface area contributed by atoms with Crippen LogP contribution in [0.1, 0.15) is 36.5 Å². The maximum absolute atomic E-state index is 12.3. The van der Waals surface area contributed by atoms with E-state index >= 15 is 0 Å². The van der Waals surface area contributed by atoms with Crippen LogP contribution < -0.4 is 10.0 Å². The summed E-state index contributed by atoms with van der Waals surface area (Å²) in [6, 6.07) is 6.04. The van der Waals surface area contributed by atoms with Crippen molar-refractivity contribution in [2.45, 2.75) is 37.2 Å². The average Bonchev–Trinajstić information content (AvgIpc) is 3.04. The first-order valence-electron chi connectivity index (χ1n) is 7.52. The van der Waals surface area contributed by atoms with Crippen LogP contribution in [-0.2, 0) is 14.8 Å². The minimum absolute atomic E-state index is 0.0641. The van der Waals surface area contributed by atoms with Crippen LogP contribution in [0.15, 0.2) is 29.2 Å². The van der Waals surface area contributed by atoms with Crippen molar-refractivity contribution in [3.8, 4) is 0 Å². The second-order valence-corrected chi connectivity index (χ2v) is 7.04. The molecule has 0 saturated carbocycles. The van der Waals surface area contributed by atoms with Gasteiger partial charge >= 0.3 is 0 Å². The maximum Gasteiger partial charge on any atom is 0.251 e. The van der Waals surface area contributed by atoms with Crippen molar-refractivity contribution in [3.05, 3.63) is 29.8 Å². The maximum atomic E-state index is 12.3. The summed E-state index contributed by atoms with van der Waals surface area (Å²) in [5, 5.41) is 2.73. The second kappa shape index (κ2) is 7.71. The van der Waals surface area contributed by atoms with E-state index in [4.69, 9.17) is 4.74 Å². The largest absolute Gasteiger partial charge is 0.377 e. The highest BCUT2D eigenvalue weighted by atomic mass is 32.2. The van der Waals surface area contributed by atoms with Crippen LogP contribution in [0.3, 0.4) is 0 Å². The molecule has 1 saturated heterocycles. The van der Waals surface area contributed by atoms with Crippen molar-refractivity contribution in [2.24, 2.45) is 0 Å². The van der Waals surface area contributed by atoms with Crippen molar-refractivity contribution in [2.75, 3.05) is 19.7 Å². The van der Waals surface area contributed by atoms with Crippen molar-refractivity contribution < 1.29 is 17.9 Å². The predicted molar refractivity (Wildman–Crippen MR) is 83.2 cm³/mol. The van der Waals surface area contributed by atoms with Crippen LogP contribution in [0.4, 0.5) is 0 Å². The average molecular weight is 326 g/mol. The second-order valence-electron chi connectivity index (χ2n) is 5.27. The number of amides is 1. The van der Waals surface area contributed by atoms with Crippen molar-refractivity contribution in [1.82, 2.24) is 10.0 Å². The normalized spacial score (nSPS) is 18.3. The molecule has 0 radical (unpaired) electrons. The molecular formula is C15H22N2O4S. The van der Waals surface area contributed by atoms with E-state index in [-0.39, 0.29) is 23.5 Å². The standard InChI is InChI=1S/C15H22N2O4S/c1-2-8-16-15(18)12-5-3-7-14(10-12)22(19,20)17-11-13-6-4-9-21-13/h3,5,7,10,13,17H,2,4,6,8-9,11H2,1H3,(H,16,18). The lowest BCUT2D eigenvalue weighted by Crippen LogP contribution is -2.32. The number of carbonyl (C=O) groups is 1. The van der Waals surface area contributed by atoms with Gasteiger partial charge in [0.15, 0.2) is 0 Å². The first-order valence-corrected chi connectivity index (χ1v) is 9.01. The fraction of sp³-hybridized carbons (Fsp3) is 0.533. The van der Waals surface area contributed by atoms with E-state index < -0.39 is 10.0 Å². The number of nitrogens with one attached hydrogen (secondary N) is 2. The van der Waals surface area contributed by atoms with Crippen LogP contribution in [0.25, 0.3) is 0 Å².